The molecule has 49 heavy (non-hydrogen) atoms. The van der Waals surface area contributed by atoms with E-state index in [0.29, 0.717) is 0 Å². The van der Waals surface area contributed by atoms with Gasteiger partial charge in [0.25, 0.3) is 0 Å². The summed E-state index contributed by atoms with van der Waals surface area (Å²) in [7, 11) is 1.28. The Hall–Kier alpha value is -1.17. The topological polar surface area (TPSA) is 265 Å². The van der Waals surface area contributed by atoms with Gasteiger partial charge in [-0.05, 0) is 48.5 Å². The number of carbonyl (C=O) groups excluding carboxylic acids is 1. The molecule has 9 unspecified atom stereocenters. The zero-order valence-corrected chi connectivity index (χ0v) is 29.0. The quantitative estimate of drug-likeness (QED) is 0.106. The van der Waals surface area contributed by atoms with Gasteiger partial charge in [-0.15, -0.1) is 0 Å². The maximum atomic E-state index is 12.5. The lowest BCUT2D eigenvalue weighted by molar-refractivity contribution is -0.380. The minimum Gasteiger partial charge on any atom is -0.390 e. The first-order valence-electron chi connectivity index (χ1n) is 16.6. The van der Waals surface area contributed by atoms with Gasteiger partial charge in [0.15, 0.2) is 18.9 Å². The van der Waals surface area contributed by atoms with E-state index in [1.54, 1.807) is 20.8 Å². The number of rotatable bonds is 10. The minimum absolute atomic E-state index is 0.235. The first kappa shape index (κ1) is 40.6. The summed E-state index contributed by atoms with van der Waals surface area (Å²) in [6.07, 6.45) is -24.5. The first-order chi connectivity index (χ1) is 22.7. The molecule has 0 aliphatic carbocycles. The first-order valence-corrected chi connectivity index (χ1v) is 16.6. The Morgan fingerprint density at radius 1 is 0.571 bits per heavy atom. The molecule has 4 aliphatic heterocycles. The third kappa shape index (κ3) is 9.08. The molecule has 0 saturated carbocycles. The Morgan fingerprint density at radius 3 is 1.51 bits per heavy atom. The molecule has 4 aliphatic rings. The lowest BCUT2D eigenvalue weighted by atomic mass is 9.94. The van der Waals surface area contributed by atoms with E-state index in [-0.39, 0.29) is 6.42 Å². The van der Waals surface area contributed by atoms with E-state index in [4.69, 9.17) is 37.9 Å². The fourth-order valence-electron chi connectivity index (χ4n) is 6.65. The predicted octanol–water partition coefficient (Wildman–Crippen LogP) is -3.63. The second kappa shape index (κ2) is 16.2. The minimum atomic E-state index is -1.74. The largest absolute Gasteiger partial charge is 0.390 e. The van der Waals surface area contributed by atoms with Crippen molar-refractivity contribution < 1.29 is 83.5 Å². The van der Waals surface area contributed by atoms with Gasteiger partial charge in [0, 0.05) is 7.11 Å². The standard InChI is InChI=1S/C31H55NO17/c1-10-16(32-15(33)9-31(6,7)41)20(37)27(42-8)30(44-10)49-26-19(36)13(4)46-29(23(26)40)48-25-18(35)12(3)45-28(22(25)39)47-24-14(5)43-11(2)17(34)21(24)38/h10-14,16-30,34-41H,9H2,1-8H3,(H,32,33)/t10?,11?,12?,13?,14?,16-,17+,18+,19+,20+,21?,22+,23+,24-,25?,26?,27?,28+,29+,30+/m1/s1. The number of hydrogen-bond donors (Lipinski definition) is 9. The molecule has 0 radical (unpaired) electrons. The smallest absolute Gasteiger partial charge is 0.223 e. The van der Waals surface area contributed by atoms with Crippen molar-refractivity contribution in [3.63, 3.8) is 0 Å². The second-order valence-electron chi connectivity index (χ2n) is 14.2. The van der Waals surface area contributed by atoms with Crippen LogP contribution >= 0.6 is 0 Å². The zero-order valence-electron chi connectivity index (χ0n) is 29.0. The highest BCUT2D eigenvalue weighted by atomic mass is 16.8. The molecule has 0 bridgehead atoms. The van der Waals surface area contributed by atoms with Gasteiger partial charge in [0.05, 0.1) is 48.6 Å². The lowest BCUT2D eigenvalue weighted by Gasteiger charge is -2.49. The van der Waals surface area contributed by atoms with E-state index in [0.717, 1.165) is 0 Å². The number of amides is 1. The maximum absolute atomic E-state index is 12.5. The van der Waals surface area contributed by atoms with Crippen molar-refractivity contribution in [1.29, 1.82) is 0 Å². The second-order valence-corrected chi connectivity index (χ2v) is 14.2. The Kier molecular flexibility index (Phi) is 13.5. The highest BCUT2D eigenvalue weighted by Gasteiger charge is 2.54. The molecular weight excluding hydrogens is 658 g/mol. The van der Waals surface area contributed by atoms with Crippen molar-refractivity contribution in [3.05, 3.63) is 0 Å². The van der Waals surface area contributed by atoms with Gasteiger partial charge < -0.3 is 84.1 Å². The fourth-order valence-corrected chi connectivity index (χ4v) is 6.65. The van der Waals surface area contributed by atoms with E-state index in [2.05, 4.69) is 5.32 Å². The van der Waals surface area contributed by atoms with Crippen LogP contribution in [0.5, 0.6) is 0 Å². The Bertz CT molecular complexity index is 1080. The average Bonchev–Trinajstić information content (AvgIpc) is 3.00. The molecule has 4 fully saturated rings. The van der Waals surface area contributed by atoms with E-state index in [1.807, 2.05) is 0 Å². The Balaban J connectivity index is 1.46. The molecule has 20 atom stereocenters. The summed E-state index contributed by atoms with van der Waals surface area (Å²) in [6, 6.07) is -0.955. The average molecular weight is 714 g/mol. The molecule has 4 saturated heterocycles. The molecule has 0 aromatic carbocycles. The Labute approximate surface area is 285 Å². The summed E-state index contributed by atoms with van der Waals surface area (Å²) in [5.41, 5.74) is -1.29. The molecule has 0 spiro atoms. The highest BCUT2D eigenvalue weighted by Crippen LogP contribution is 2.34. The molecule has 4 heterocycles. The molecule has 18 nitrogen and oxygen atoms in total. The Morgan fingerprint density at radius 2 is 1.02 bits per heavy atom. The molecule has 0 aromatic heterocycles. The van der Waals surface area contributed by atoms with E-state index in [1.165, 1.54) is 34.8 Å². The van der Waals surface area contributed by atoms with Gasteiger partial charge in [-0.25, -0.2) is 0 Å². The number of nitrogens with one attached hydrogen (secondary N) is 1. The van der Waals surface area contributed by atoms with Gasteiger partial charge in [0.2, 0.25) is 5.91 Å². The fraction of sp³-hybridized carbons (Fsp3) is 0.968. The maximum Gasteiger partial charge on any atom is 0.223 e. The van der Waals surface area contributed by atoms with Gasteiger partial charge in [-0.1, -0.05) is 0 Å². The van der Waals surface area contributed by atoms with Gasteiger partial charge in [-0.3, -0.25) is 4.79 Å². The van der Waals surface area contributed by atoms with Crippen molar-refractivity contribution in [3.8, 4) is 0 Å². The van der Waals surface area contributed by atoms with E-state index >= 15 is 0 Å². The summed E-state index contributed by atoms with van der Waals surface area (Å²) in [4.78, 5) is 12.5. The van der Waals surface area contributed by atoms with Crippen molar-refractivity contribution >= 4 is 5.91 Å². The van der Waals surface area contributed by atoms with Crippen LogP contribution in [0.15, 0.2) is 0 Å². The summed E-state index contributed by atoms with van der Waals surface area (Å²) in [5, 5.41) is 89.2. The molecule has 1 amide bonds. The van der Waals surface area contributed by atoms with Crippen LogP contribution in [-0.4, -0.2) is 182 Å². The van der Waals surface area contributed by atoms with Crippen LogP contribution in [0.4, 0.5) is 0 Å². The van der Waals surface area contributed by atoms with E-state index < -0.39 is 134 Å². The number of aliphatic hydroxyl groups is 8. The van der Waals surface area contributed by atoms with Gasteiger partial charge >= 0.3 is 0 Å². The van der Waals surface area contributed by atoms with Gasteiger partial charge in [0.1, 0.15) is 67.1 Å². The zero-order chi connectivity index (χ0) is 36.7. The van der Waals surface area contributed by atoms with Crippen LogP contribution in [0.3, 0.4) is 0 Å². The van der Waals surface area contributed by atoms with Crippen LogP contribution in [0.1, 0.15) is 54.9 Å². The third-order valence-electron chi connectivity index (χ3n) is 9.52. The summed E-state index contributed by atoms with van der Waals surface area (Å²) >= 11 is 0. The predicted molar refractivity (Wildman–Crippen MR) is 163 cm³/mol. The number of hydrogen-bond acceptors (Lipinski definition) is 17. The van der Waals surface area contributed by atoms with Gasteiger partial charge in [-0.2, -0.15) is 0 Å². The summed E-state index contributed by atoms with van der Waals surface area (Å²) in [5.74, 6) is -0.533. The summed E-state index contributed by atoms with van der Waals surface area (Å²) < 4.78 is 46.2. The molecular formula is C31H55NO17. The van der Waals surface area contributed by atoms with Crippen molar-refractivity contribution in [2.75, 3.05) is 7.11 Å². The van der Waals surface area contributed by atoms with E-state index in [9.17, 15) is 45.6 Å². The van der Waals surface area contributed by atoms with Crippen LogP contribution in [0.25, 0.3) is 0 Å². The molecule has 9 N–H and O–H groups in total. The SMILES string of the molecule is COC1[C@H](OC2[C@@H](O)C(C)O[C@@H](OC3[C@@H](O)C(C)O[C@@H](O[C@@H]4C(C)OC(C)[C@H](O)C4O)[C@H]3O)[C@H]2O)OC(C)[C@@H](NC(=O)CC(C)(C)O)[C@@H]1O. The number of methoxy groups -OCH3 is 1. The number of aliphatic hydroxyl groups excluding tert-OH is 7. The van der Waals surface area contributed by atoms with Crippen LogP contribution < -0.4 is 5.32 Å². The molecule has 0 aromatic rings. The van der Waals surface area contributed by atoms with Crippen molar-refractivity contribution in [2.45, 2.75) is 183 Å². The lowest BCUT2D eigenvalue weighted by Crippen LogP contribution is -2.67. The van der Waals surface area contributed by atoms with Crippen LogP contribution in [0, 0.1) is 0 Å². The van der Waals surface area contributed by atoms with Crippen LogP contribution in [-0.2, 0) is 42.7 Å². The highest BCUT2D eigenvalue weighted by molar-refractivity contribution is 5.77. The molecule has 18 heteroatoms. The van der Waals surface area contributed by atoms with Crippen molar-refractivity contribution in [2.24, 2.45) is 0 Å². The molecule has 4 rings (SSSR count). The summed E-state index contributed by atoms with van der Waals surface area (Å²) in [6.45, 7) is 10.7. The third-order valence-corrected chi connectivity index (χ3v) is 9.52. The number of ether oxygens (including phenoxy) is 8. The van der Waals surface area contributed by atoms with Crippen LogP contribution in [0.2, 0.25) is 0 Å². The normalized spacial score (nSPS) is 49.8. The number of carbonyl (C=O) groups is 1. The van der Waals surface area contributed by atoms with Crippen molar-refractivity contribution in [1.82, 2.24) is 5.32 Å². The molecule has 286 valence electrons. The monoisotopic (exact) mass is 713 g/mol.